The highest BCUT2D eigenvalue weighted by atomic mass is 16.4. The van der Waals surface area contributed by atoms with Crippen molar-refractivity contribution in [2.75, 3.05) is 13.1 Å². The number of hydrogen-bond donors (Lipinski definition) is 4. The van der Waals surface area contributed by atoms with Crippen LogP contribution >= 0.6 is 0 Å². The van der Waals surface area contributed by atoms with Crippen molar-refractivity contribution >= 4 is 11.9 Å². The Hall–Kier alpha value is -1.14. The van der Waals surface area contributed by atoms with Gasteiger partial charge >= 0.3 is 5.97 Å². The van der Waals surface area contributed by atoms with Crippen LogP contribution in [0.15, 0.2) is 0 Å². The fraction of sp³-hybridized carbons (Fsp3) is 0.818. The van der Waals surface area contributed by atoms with Crippen LogP contribution in [0.5, 0.6) is 0 Å². The fourth-order valence-corrected chi connectivity index (χ4v) is 1.24. The number of amides is 1. The summed E-state index contributed by atoms with van der Waals surface area (Å²) >= 11 is 0. The third kappa shape index (κ3) is 9.77. The molecule has 0 aliphatic rings. The summed E-state index contributed by atoms with van der Waals surface area (Å²) in [5.74, 6) is -1.30. The second kappa shape index (κ2) is 7.24. The summed E-state index contributed by atoms with van der Waals surface area (Å²) < 4.78 is 0. The second-order valence-corrected chi connectivity index (χ2v) is 4.70. The van der Waals surface area contributed by atoms with Gasteiger partial charge in [-0.05, 0) is 6.92 Å². The number of rotatable bonds is 8. The molecule has 0 spiro atoms. The predicted octanol–water partition coefficient (Wildman–Crippen LogP) is -0.284. The Labute approximate surface area is 101 Å². The van der Waals surface area contributed by atoms with Crippen LogP contribution in [0, 0.1) is 0 Å². The van der Waals surface area contributed by atoms with Crippen LogP contribution in [-0.4, -0.2) is 46.8 Å². The predicted molar refractivity (Wildman–Crippen MR) is 63.6 cm³/mol. The van der Waals surface area contributed by atoms with E-state index in [0.29, 0.717) is 19.0 Å². The number of nitrogens with one attached hydrogen (secondary N) is 2. The van der Waals surface area contributed by atoms with Crippen molar-refractivity contribution in [2.45, 2.75) is 45.3 Å². The van der Waals surface area contributed by atoms with Crippen LogP contribution in [0.25, 0.3) is 0 Å². The third-order valence-corrected chi connectivity index (χ3v) is 2.10. The zero-order chi connectivity index (χ0) is 13.5. The van der Waals surface area contributed by atoms with Crippen LogP contribution in [0.1, 0.15) is 33.6 Å². The average Bonchev–Trinajstić information content (AvgIpc) is 2.12. The molecule has 1 amide bonds. The van der Waals surface area contributed by atoms with Crippen molar-refractivity contribution in [2.24, 2.45) is 0 Å². The van der Waals surface area contributed by atoms with Gasteiger partial charge in [-0.2, -0.15) is 0 Å². The highest BCUT2D eigenvalue weighted by Gasteiger charge is 2.24. The molecule has 0 aromatic rings. The molecule has 0 rings (SSSR count). The lowest BCUT2D eigenvalue weighted by Crippen LogP contribution is -2.42. The SMILES string of the molecule is CC(C)NCCC(=O)NCC(C)(O)CC(=O)O. The van der Waals surface area contributed by atoms with E-state index in [0.717, 1.165) is 0 Å². The molecule has 0 aromatic heterocycles. The molecular weight excluding hydrogens is 224 g/mol. The number of carboxylic acid groups (broad SMARTS) is 1. The van der Waals surface area contributed by atoms with Crippen molar-refractivity contribution in [3.8, 4) is 0 Å². The van der Waals surface area contributed by atoms with Gasteiger partial charge in [0, 0.05) is 25.6 Å². The Morgan fingerprint density at radius 3 is 2.41 bits per heavy atom. The molecule has 0 saturated carbocycles. The van der Waals surface area contributed by atoms with E-state index in [1.165, 1.54) is 6.92 Å². The number of carbonyl (C=O) groups excluding carboxylic acids is 1. The first-order valence-electron chi connectivity index (χ1n) is 5.67. The van der Waals surface area contributed by atoms with Gasteiger partial charge in [-0.3, -0.25) is 9.59 Å². The van der Waals surface area contributed by atoms with E-state index in [-0.39, 0.29) is 12.5 Å². The van der Waals surface area contributed by atoms with Gasteiger partial charge in [-0.25, -0.2) is 0 Å². The van der Waals surface area contributed by atoms with E-state index in [1.807, 2.05) is 13.8 Å². The van der Waals surface area contributed by atoms with Crippen LogP contribution in [0.3, 0.4) is 0 Å². The lowest BCUT2D eigenvalue weighted by molar-refractivity contribution is -0.142. The molecule has 6 heteroatoms. The van der Waals surface area contributed by atoms with E-state index in [9.17, 15) is 14.7 Å². The molecule has 0 aliphatic carbocycles. The third-order valence-electron chi connectivity index (χ3n) is 2.10. The molecule has 0 fully saturated rings. The molecule has 0 aliphatic heterocycles. The summed E-state index contributed by atoms with van der Waals surface area (Å²) in [6, 6.07) is 0.318. The fourth-order valence-electron chi connectivity index (χ4n) is 1.24. The van der Waals surface area contributed by atoms with Gasteiger partial charge in [0.15, 0.2) is 0 Å². The maximum absolute atomic E-state index is 11.3. The van der Waals surface area contributed by atoms with Crippen LogP contribution < -0.4 is 10.6 Å². The summed E-state index contributed by atoms with van der Waals surface area (Å²) in [5.41, 5.74) is -1.41. The summed E-state index contributed by atoms with van der Waals surface area (Å²) in [7, 11) is 0. The van der Waals surface area contributed by atoms with Gasteiger partial charge in [0.25, 0.3) is 0 Å². The highest BCUT2D eigenvalue weighted by Crippen LogP contribution is 2.07. The van der Waals surface area contributed by atoms with Crippen LogP contribution in [0.2, 0.25) is 0 Å². The molecule has 0 aromatic carbocycles. The maximum Gasteiger partial charge on any atom is 0.306 e. The lowest BCUT2D eigenvalue weighted by Gasteiger charge is -2.21. The van der Waals surface area contributed by atoms with Crippen molar-refractivity contribution in [1.29, 1.82) is 0 Å². The normalized spacial score (nSPS) is 14.4. The average molecular weight is 246 g/mol. The highest BCUT2D eigenvalue weighted by molar-refractivity contribution is 5.76. The van der Waals surface area contributed by atoms with Gasteiger partial charge in [0.1, 0.15) is 0 Å². The molecule has 17 heavy (non-hydrogen) atoms. The smallest absolute Gasteiger partial charge is 0.306 e. The Kier molecular flexibility index (Phi) is 6.75. The minimum Gasteiger partial charge on any atom is -0.481 e. The van der Waals surface area contributed by atoms with E-state index in [1.54, 1.807) is 0 Å². The van der Waals surface area contributed by atoms with Crippen molar-refractivity contribution < 1.29 is 19.8 Å². The number of aliphatic hydroxyl groups is 1. The number of aliphatic carboxylic acids is 1. The van der Waals surface area contributed by atoms with Crippen molar-refractivity contribution in [1.82, 2.24) is 10.6 Å². The standard InChI is InChI=1S/C11H22N2O4/c1-8(2)12-5-4-9(14)13-7-11(3,17)6-10(15)16/h8,12,17H,4-7H2,1-3H3,(H,13,14)(H,15,16). The van der Waals surface area contributed by atoms with Crippen molar-refractivity contribution in [3.63, 3.8) is 0 Å². The number of carbonyl (C=O) groups is 2. The lowest BCUT2D eigenvalue weighted by atomic mass is 10.0. The molecule has 0 bridgehead atoms. The summed E-state index contributed by atoms with van der Waals surface area (Å²) in [6.45, 7) is 5.85. The van der Waals surface area contributed by atoms with E-state index in [4.69, 9.17) is 5.11 Å². The topological polar surface area (TPSA) is 98.7 Å². The Balaban J connectivity index is 3.79. The Bertz CT molecular complexity index is 264. The summed E-state index contributed by atoms with van der Waals surface area (Å²) in [4.78, 5) is 21.8. The largest absolute Gasteiger partial charge is 0.481 e. The molecule has 6 nitrogen and oxygen atoms in total. The molecule has 0 heterocycles. The van der Waals surface area contributed by atoms with Gasteiger partial charge in [-0.15, -0.1) is 0 Å². The Morgan fingerprint density at radius 2 is 1.94 bits per heavy atom. The quantitative estimate of drug-likeness (QED) is 0.472. The van der Waals surface area contributed by atoms with E-state index < -0.39 is 18.0 Å². The second-order valence-electron chi connectivity index (χ2n) is 4.70. The molecule has 100 valence electrons. The van der Waals surface area contributed by atoms with E-state index in [2.05, 4.69) is 10.6 Å². The zero-order valence-electron chi connectivity index (χ0n) is 10.6. The molecule has 0 radical (unpaired) electrons. The maximum atomic E-state index is 11.3. The van der Waals surface area contributed by atoms with Crippen LogP contribution in [0.4, 0.5) is 0 Å². The minimum atomic E-state index is -1.41. The van der Waals surface area contributed by atoms with E-state index >= 15 is 0 Å². The van der Waals surface area contributed by atoms with Gasteiger partial charge in [-0.1, -0.05) is 13.8 Å². The number of carboxylic acids is 1. The van der Waals surface area contributed by atoms with Gasteiger partial charge in [0.05, 0.1) is 12.0 Å². The summed E-state index contributed by atoms with van der Waals surface area (Å²) in [6.07, 6.45) is -0.0845. The monoisotopic (exact) mass is 246 g/mol. The molecule has 4 N–H and O–H groups in total. The minimum absolute atomic E-state index is 0.0557. The summed E-state index contributed by atoms with van der Waals surface area (Å²) in [5, 5.41) is 23.8. The first-order chi connectivity index (χ1) is 7.73. The Morgan fingerprint density at radius 1 is 1.35 bits per heavy atom. The zero-order valence-corrected chi connectivity index (χ0v) is 10.6. The first-order valence-corrected chi connectivity index (χ1v) is 5.67. The molecular formula is C11H22N2O4. The first kappa shape index (κ1) is 15.9. The van der Waals surface area contributed by atoms with Gasteiger partial charge < -0.3 is 20.8 Å². The molecule has 0 saturated heterocycles. The number of hydrogen-bond acceptors (Lipinski definition) is 4. The molecule has 1 atom stereocenters. The molecule has 1 unspecified atom stereocenters. The van der Waals surface area contributed by atoms with Gasteiger partial charge in [0.2, 0.25) is 5.91 Å². The van der Waals surface area contributed by atoms with Crippen molar-refractivity contribution in [3.05, 3.63) is 0 Å². The van der Waals surface area contributed by atoms with Crippen LogP contribution in [-0.2, 0) is 9.59 Å².